The van der Waals surface area contributed by atoms with Crippen LogP contribution in [0.3, 0.4) is 0 Å². The van der Waals surface area contributed by atoms with E-state index in [4.69, 9.17) is 4.74 Å². The number of carbonyl (C=O) groups is 1. The van der Waals surface area contributed by atoms with Crippen LogP contribution in [0.15, 0.2) is 66.7 Å². The molecule has 30 heavy (non-hydrogen) atoms. The van der Waals surface area contributed by atoms with Crippen molar-refractivity contribution < 1.29 is 13.9 Å². The quantitative estimate of drug-likeness (QED) is 0.498. The van der Waals surface area contributed by atoms with Crippen LogP contribution in [0.1, 0.15) is 49.0 Å². The number of nitrogens with zero attached hydrogens (tertiary/aromatic N) is 1. The minimum atomic E-state index is -0.302. The molecule has 1 amide bonds. The maximum Gasteiger partial charge on any atom is 0.223 e. The first-order chi connectivity index (χ1) is 14.7. The highest BCUT2D eigenvalue weighted by Gasteiger charge is 2.38. The van der Waals surface area contributed by atoms with Gasteiger partial charge in [0.2, 0.25) is 5.91 Å². The lowest BCUT2D eigenvalue weighted by molar-refractivity contribution is -0.133. The van der Waals surface area contributed by atoms with Gasteiger partial charge in [0.25, 0.3) is 0 Å². The van der Waals surface area contributed by atoms with Crippen molar-refractivity contribution in [2.24, 2.45) is 5.92 Å². The smallest absolute Gasteiger partial charge is 0.223 e. The summed E-state index contributed by atoms with van der Waals surface area (Å²) in [5.41, 5.74) is 2.00. The largest absolute Gasteiger partial charge is 0.371 e. The van der Waals surface area contributed by atoms with Gasteiger partial charge in [0, 0.05) is 13.0 Å². The molecule has 1 saturated heterocycles. The van der Waals surface area contributed by atoms with Crippen LogP contribution < -0.4 is 0 Å². The second-order valence-corrected chi connectivity index (χ2v) is 8.45. The molecule has 2 aliphatic rings. The topological polar surface area (TPSA) is 29.5 Å². The summed E-state index contributed by atoms with van der Waals surface area (Å²) in [7, 11) is 0. The molecule has 2 atom stereocenters. The Balaban J connectivity index is 1.63. The highest BCUT2D eigenvalue weighted by molar-refractivity contribution is 5.86. The van der Waals surface area contributed by atoms with E-state index < -0.39 is 0 Å². The average Bonchev–Trinajstić information content (AvgIpc) is 3.51. The van der Waals surface area contributed by atoms with Crippen LogP contribution in [-0.2, 0) is 9.53 Å². The summed E-state index contributed by atoms with van der Waals surface area (Å²) in [6.07, 6.45) is 3.51. The fourth-order valence-electron chi connectivity index (χ4n) is 4.52. The van der Waals surface area contributed by atoms with Crippen molar-refractivity contribution in [3.05, 3.63) is 83.7 Å². The number of fused-ring (bicyclic) bond motifs is 1. The average molecular weight is 403 g/mol. The molecule has 1 saturated carbocycles. The van der Waals surface area contributed by atoms with Crippen LogP contribution in [0.5, 0.6) is 0 Å². The van der Waals surface area contributed by atoms with Crippen LogP contribution in [-0.4, -0.2) is 24.0 Å². The Hall–Kier alpha value is -2.72. The van der Waals surface area contributed by atoms with Gasteiger partial charge in [0.1, 0.15) is 11.9 Å². The number of hydrogen-bond acceptors (Lipinski definition) is 2. The number of benzene rings is 3. The molecule has 3 aromatic carbocycles. The second kappa shape index (κ2) is 8.19. The highest BCUT2D eigenvalue weighted by Crippen LogP contribution is 2.43. The molecule has 4 heteroatoms. The van der Waals surface area contributed by atoms with Gasteiger partial charge in [0.05, 0.1) is 12.6 Å². The van der Waals surface area contributed by atoms with E-state index >= 15 is 0 Å². The molecule has 2 fully saturated rings. The zero-order valence-electron chi connectivity index (χ0n) is 17.0. The zero-order valence-corrected chi connectivity index (χ0v) is 17.0. The lowest BCUT2D eigenvalue weighted by atomic mass is 9.91. The van der Waals surface area contributed by atoms with Gasteiger partial charge >= 0.3 is 0 Å². The molecular weight excluding hydrogens is 377 g/mol. The van der Waals surface area contributed by atoms with E-state index in [0.717, 1.165) is 28.3 Å². The summed E-state index contributed by atoms with van der Waals surface area (Å²) in [6, 6.07) is 20.8. The van der Waals surface area contributed by atoms with Crippen molar-refractivity contribution in [3.8, 4) is 0 Å². The summed E-state index contributed by atoms with van der Waals surface area (Å²) in [5, 5.41) is 2.29. The minimum absolute atomic E-state index is 0.143. The van der Waals surface area contributed by atoms with Crippen molar-refractivity contribution in [1.29, 1.82) is 0 Å². The first-order valence-electron chi connectivity index (χ1n) is 10.8. The van der Waals surface area contributed by atoms with Gasteiger partial charge in [-0.25, -0.2) is 4.39 Å². The third-order valence-electron chi connectivity index (χ3n) is 6.28. The summed E-state index contributed by atoms with van der Waals surface area (Å²) in [6.45, 7) is 1.39. The Morgan fingerprint density at radius 1 is 1.00 bits per heavy atom. The van der Waals surface area contributed by atoms with Gasteiger partial charge in [-0.3, -0.25) is 4.79 Å². The third kappa shape index (κ3) is 3.84. The van der Waals surface area contributed by atoms with Crippen molar-refractivity contribution in [2.45, 2.75) is 37.8 Å². The predicted octanol–water partition coefficient (Wildman–Crippen LogP) is 5.81. The maximum absolute atomic E-state index is 13.7. The van der Waals surface area contributed by atoms with Gasteiger partial charge in [-0.1, -0.05) is 54.6 Å². The van der Waals surface area contributed by atoms with Crippen LogP contribution in [0.4, 0.5) is 4.39 Å². The third-order valence-corrected chi connectivity index (χ3v) is 6.28. The van der Waals surface area contributed by atoms with E-state index in [9.17, 15) is 9.18 Å². The standard InChI is InChI=1S/C26H26FNO2/c27-21-14-12-20(13-15-21)25(28-16-4-9-24(28)29)26(30-17-18-10-11-18)23-8-3-6-19-5-1-2-7-22(19)23/h1-3,5-8,12-15,18,25-26H,4,9-11,16-17H2/t25-,26+/m1/s1. The molecule has 0 spiro atoms. The van der Waals surface area contributed by atoms with Crippen molar-refractivity contribution in [1.82, 2.24) is 4.90 Å². The fraction of sp³-hybridized carbons (Fsp3) is 0.346. The Kier molecular flexibility index (Phi) is 5.26. The summed E-state index contributed by atoms with van der Waals surface area (Å²) in [5.74, 6) is 0.473. The number of ether oxygens (including phenoxy) is 1. The highest BCUT2D eigenvalue weighted by atomic mass is 19.1. The van der Waals surface area contributed by atoms with Crippen molar-refractivity contribution >= 4 is 16.7 Å². The van der Waals surface area contributed by atoms with Crippen LogP contribution in [0, 0.1) is 11.7 Å². The van der Waals surface area contributed by atoms with Gasteiger partial charge < -0.3 is 9.64 Å². The molecular formula is C26H26FNO2. The fourth-order valence-corrected chi connectivity index (χ4v) is 4.52. The SMILES string of the molecule is O=C1CCCN1[C@H](c1ccc(F)cc1)[C@@H](OCC1CC1)c1cccc2ccccc12. The lowest BCUT2D eigenvalue weighted by Gasteiger charge is -2.36. The first-order valence-corrected chi connectivity index (χ1v) is 10.8. The predicted molar refractivity (Wildman–Crippen MR) is 115 cm³/mol. The summed E-state index contributed by atoms with van der Waals surface area (Å²) < 4.78 is 20.3. The number of rotatable bonds is 7. The van der Waals surface area contributed by atoms with Gasteiger partial charge in [-0.2, -0.15) is 0 Å². The van der Waals surface area contributed by atoms with Crippen LogP contribution in [0.2, 0.25) is 0 Å². The van der Waals surface area contributed by atoms with E-state index in [1.54, 1.807) is 12.1 Å². The number of halogens is 1. The number of hydrogen-bond donors (Lipinski definition) is 0. The second-order valence-electron chi connectivity index (χ2n) is 8.45. The zero-order chi connectivity index (χ0) is 20.5. The van der Waals surface area contributed by atoms with E-state index in [1.807, 2.05) is 17.0 Å². The van der Waals surface area contributed by atoms with Crippen LogP contribution >= 0.6 is 0 Å². The van der Waals surface area contributed by atoms with E-state index in [2.05, 4.69) is 30.3 Å². The molecule has 1 aliphatic carbocycles. The first kappa shape index (κ1) is 19.3. The molecule has 154 valence electrons. The maximum atomic E-state index is 13.7. The number of carbonyl (C=O) groups excluding carboxylic acids is 1. The van der Waals surface area contributed by atoms with Crippen molar-refractivity contribution in [2.75, 3.05) is 13.2 Å². The van der Waals surface area contributed by atoms with E-state index in [-0.39, 0.29) is 23.9 Å². The number of amides is 1. The monoisotopic (exact) mass is 403 g/mol. The van der Waals surface area contributed by atoms with Gasteiger partial charge in [-0.15, -0.1) is 0 Å². The summed E-state index contributed by atoms with van der Waals surface area (Å²) >= 11 is 0. The number of likely N-dealkylation sites (tertiary alicyclic amines) is 1. The molecule has 3 nitrogen and oxygen atoms in total. The normalized spacial score (nSPS) is 18.7. The van der Waals surface area contributed by atoms with E-state index in [1.165, 1.54) is 25.0 Å². The Bertz CT molecular complexity index is 1040. The molecule has 3 aromatic rings. The molecule has 0 bridgehead atoms. The molecule has 0 aromatic heterocycles. The van der Waals surface area contributed by atoms with Crippen molar-refractivity contribution in [3.63, 3.8) is 0 Å². The molecule has 1 aliphatic heterocycles. The molecule has 0 N–H and O–H groups in total. The Morgan fingerprint density at radius 2 is 1.77 bits per heavy atom. The molecule has 0 unspecified atom stereocenters. The molecule has 5 rings (SSSR count). The Labute approximate surface area is 176 Å². The lowest BCUT2D eigenvalue weighted by Crippen LogP contribution is -2.35. The van der Waals surface area contributed by atoms with Crippen LogP contribution in [0.25, 0.3) is 10.8 Å². The van der Waals surface area contributed by atoms with Gasteiger partial charge in [-0.05, 0) is 59.2 Å². The van der Waals surface area contributed by atoms with Gasteiger partial charge in [0.15, 0.2) is 0 Å². The molecule has 0 radical (unpaired) electrons. The molecule has 1 heterocycles. The Morgan fingerprint density at radius 3 is 2.50 bits per heavy atom. The minimum Gasteiger partial charge on any atom is -0.371 e. The van der Waals surface area contributed by atoms with E-state index in [0.29, 0.717) is 25.5 Å². The summed E-state index contributed by atoms with van der Waals surface area (Å²) in [4.78, 5) is 14.7.